The summed E-state index contributed by atoms with van der Waals surface area (Å²) in [5, 5.41) is 15.0. The van der Waals surface area contributed by atoms with E-state index in [1.165, 1.54) is 0 Å². The molecule has 1 unspecified atom stereocenters. The van der Waals surface area contributed by atoms with E-state index in [4.69, 9.17) is 5.11 Å². The minimum atomic E-state index is -0.212. The van der Waals surface area contributed by atoms with Crippen molar-refractivity contribution in [2.24, 2.45) is 0 Å². The predicted molar refractivity (Wildman–Crippen MR) is 58.8 cm³/mol. The highest BCUT2D eigenvalue weighted by atomic mass is 16.3. The number of urea groups is 1. The molecule has 0 aromatic heterocycles. The first-order chi connectivity index (χ1) is 7.20. The van der Waals surface area contributed by atoms with Crippen LogP contribution < -0.4 is 10.6 Å². The van der Waals surface area contributed by atoms with Gasteiger partial charge in [0.05, 0.1) is 6.10 Å². The fourth-order valence-electron chi connectivity index (χ4n) is 1.59. The standard InChI is InChI=1S/C10H21N3O2/c1-9(14)3-2-4-11-5-7-13-8-6-12-10(13)15/h9,11,14H,2-8H2,1H3,(H,12,15). The Balaban J connectivity index is 1.90. The van der Waals surface area contributed by atoms with Crippen molar-refractivity contribution in [1.82, 2.24) is 15.5 Å². The smallest absolute Gasteiger partial charge is 0.317 e. The first kappa shape index (κ1) is 12.3. The molecule has 0 spiro atoms. The highest BCUT2D eigenvalue weighted by Crippen LogP contribution is 1.95. The summed E-state index contributed by atoms with van der Waals surface area (Å²) in [5.41, 5.74) is 0. The summed E-state index contributed by atoms with van der Waals surface area (Å²) in [6.07, 6.45) is 1.59. The van der Waals surface area contributed by atoms with Crippen LogP contribution in [-0.2, 0) is 0 Å². The van der Waals surface area contributed by atoms with Crippen LogP contribution >= 0.6 is 0 Å². The summed E-state index contributed by atoms with van der Waals surface area (Å²) >= 11 is 0. The monoisotopic (exact) mass is 215 g/mol. The van der Waals surface area contributed by atoms with Crippen molar-refractivity contribution in [3.8, 4) is 0 Å². The van der Waals surface area contributed by atoms with Crippen LogP contribution in [0.1, 0.15) is 19.8 Å². The van der Waals surface area contributed by atoms with E-state index in [1.54, 1.807) is 6.92 Å². The van der Waals surface area contributed by atoms with Gasteiger partial charge in [0.25, 0.3) is 0 Å². The summed E-state index contributed by atoms with van der Waals surface area (Å²) in [5.74, 6) is 0. The first-order valence-corrected chi connectivity index (χ1v) is 5.61. The molecular weight excluding hydrogens is 194 g/mol. The molecule has 0 aliphatic carbocycles. The number of nitrogens with one attached hydrogen (secondary N) is 2. The molecule has 0 bridgehead atoms. The van der Waals surface area contributed by atoms with Gasteiger partial charge in [-0.2, -0.15) is 0 Å². The predicted octanol–water partition coefficient (Wildman–Crippen LogP) is -0.238. The number of amides is 2. The van der Waals surface area contributed by atoms with Crippen LogP contribution in [0.25, 0.3) is 0 Å². The molecule has 0 aromatic rings. The van der Waals surface area contributed by atoms with Crippen molar-refractivity contribution in [2.45, 2.75) is 25.9 Å². The third kappa shape index (κ3) is 4.99. The molecule has 1 saturated heterocycles. The molecule has 88 valence electrons. The molecule has 5 nitrogen and oxygen atoms in total. The number of carbonyl (C=O) groups excluding carboxylic acids is 1. The van der Waals surface area contributed by atoms with Gasteiger partial charge < -0.3 is 20.6 Å². The Morgan fingerprint density at radius 2 is 2.40 bits per heavy atom. The second-order valence-corrected chi connectivity index (χ2v) is 3.96. The van der Waals surface area contributed by atoms with Crippen LogP contribution in [0.4, 0.5) is 4.79 Å². The number of aliphatic hydroxyl groups is 1. The Hall–Kier alpha value is -0.810. The lowest BCUT2D eigenvalue weighted by molar-refractivity contribution is 0.181. The molecule has 0 radical (unpaired) electrons. The number of nitrogens with zero attached hydrogens (tertiary/aromatic N) is 1. The zero-order valence-corrected chi connectivity index (χ0v) is 9.33. The number of rotatable bonds is 7. The summed E-state index contributed by atoms with van der Waals surface area (Å²) in [7, 11) is 0. The molecule has 1 aliphatic heterocycles. The number of hydrogen-bond donors (Lipinski definition) is 3. The van der Waals surface area contributed by atoms with Crippen LogP contribution in [-0.4, -0.2) is 54.9 Å². The van der Waals surface area contributed by atoms with Gasteiger partial charge in [0, 0.05) is 26.2 Å². The molecule has 1 atom stereocenters. The third-order valence-corrected chi connectivity index (χ3v) is 2.48. The van der Waals surface area contributed by atoms with Gasteiger partial charge in [0.2, 0.25) is 0 Å². The lowest BCUT2D eigenvalue weighted by atomic mass is 10.2. The van der Waals surface area contributed by atoms with Crippen LogP contribution in [0, 0.1) is 0 Å². The van der Waals surface area contributed by atoms with Crippen molar-refractivity contribution in [2.75, 3.05) is 32.7 Å². The van der Waals surface area contributed by atoms with Crippen LogP contribution in [0.15, 0.2) is 0 Å². The average Bonchev–Trinajstić information content (AvgIpc) is 2.57. The molecule has 15 heavy (non-hydrogen) atoms. The van der Waals surface area contributed by atoms with Gasteiger partial charge in [-0.25, -0.2) is 4.79 Å². The summed E-state index contributed by atoms with van der Waals surface area (Å²) in [6.45, 7) is 5.87. The summed E-state index contributed by atoms with van der Waals surface area (Å²) in [4.78, 5) is 12.9. The van der Waals surface area contributed by atoms with Crippen molar-refractivity contribution >= 4 is 6.03 Å². The minimum Gasteiger partial charge on any atom is -0.393 e. The quantitative estimate of drug-likeness (QED) is 0.514. The molecule has 1 heterocycles. The number of carbonyl (C=O) groups is 1. The minimum absolute atomic E-state index is 0.0424. The molecule has 1 rings (SSSR count). The van der Waals surface area contributed by atoms with E-state index < -0.39 is 0 Å². The van der Waals surface area contributed by atoms with E-state index >= 15 is 0 Å². The van der Waals surface area contributed by atoms with Gasteiger partial charge in [-0.05, 0) is 26.3 Å². The van der Waals surface area contributed by atoms with Gasteiger partial charge in [-0.15, -0.1) is 0 Å². The molecule has 1 fully saturated rings. The fourth-order valence-corrected chi connectivity index (χ4v) is 1.59. The lowest BCUT2D eigenvalue weighted by Gasteiger charge is -2.14. The van der Waals surface area contributed by atoms with E-state index in [9.17, 15) is 4.79 Å². The van der Waals surface area contributed by atoms with Crippen molar-refractivity contribution in [1.29, 1.82) is 0 Å². The van der Waals surface area contributed by atoms with Gasteiger partial charge in [-0.3, -0.25) is 0 Å². The normalized spacial score (nSPS) is 18.0. The zero-order chi connectivity index (χ0) is 11.1. The summed E-state index contributed by atoms with van der Waals surface area (Å²) in [6, 6.07) is 0.0424. The molecule has 0 aromatic carbocycles. The van der Waals surface area contributed by atoms with Crippen molar-refractivity contribution < 1.29 is 9.90 Å². The highest BCUT2D eigenvalue weighted by molar-refractivity contribution is 5.76. The Morgan fingerprint density at radius 3 is 3.00 bits per heavy atom. The first-order valence-electron chi connectivity index (χ1n) is 5.61. The van der Waals surface area contributed by atoms with Gasteiger partial charge >= 0.3 is 6.03 Å². The SMILES string of the molecule is CC(O)CCCNCCN1CCNC1=O. The largest absolute Gasteiger partial charge is 0.393 e. The van der Waals surface area contributed by atoms with E-state index in [0.29, 0.717) is 0 Å². The maximum atomic E-state index is 11.1. The zero-order valence-electron chi connectivity index (χ0n) is 9.33. The third-order valence-electron chi connectivity index (χ3n) is 2.48. The lowest BCUT2D eigenvalue weighted by Crippen LogP contribution is -2.35. The summed E-state index contributed by atoms with van der Waals surface area (Å²) < 4.78 is 0. The second kappa shape index (κ2) is 6.63. The van der Waals surface area contributed by atoms with Crippen LogP contribution in [0.2, 0.25) is 0 Å². The Labute approximate surface area is 90.8 Å². The van der Waals surface area contributed by atoms with E-state index in [-0.39, 0.29) is 12.1 Å². The molecule has 1 aliphatic rings. The maximum Gasteiger partial charge on any atom is 0.317 e. The molecule has 5 heteroatoms. The molecule has 0 saturated carbocycles. The van der Waals surface area contributed by atoms with Gasteiger partial charge in [0.15, 0.2) is 0 Å². The number of aliphatic hydroxyl groups excluding tert-OH is 1. The van der Waals surface area contributed by atoms with Crippen LogP contribution in [0.3, 0.4) is 0 Å². The van der Waals surface area contributed by atoms with Crippen LogP contribution in [0.5, 0.6) is 0 Å². The topological polar surface area (TPSA) is 64.6 Å². The van der Waals surface area contributed by atoms with Crippen molar-refractivity contribution in [3.05, 3.63) is 0 Å². The van der Waals surface area contributed by atoms with E-state index in [1.807, 2.05) is 4.90 Å². The molecule has 3 N–H and O–H groups in total. The number of hydrogen-bond acceptors (Lipinski definition) is 3. The average molecular weight is 215 g/mol. The molecular formula is C10H21N3O2. The Morgan fingerprint density at radius 1 is 1.60 bits per heavy atom. The Kier molecular flexibility index (Phi) is 5.42. The fraction of sp³-hybridized carbons (Fsp3) is 0.900. The van der Waals surface area contributed by atoms with Crippen molar-refractivity contribution in [3.63, 3.8) is 0 Å². The second-order valence-electron chi connectivity index (χ2n) is 3.96. The maximum absolute atomic E-state index is 11.1. The van der Waals surface area contributed by atoms with Gasteiger partial charge in [-0.1, -0.05) is 0 Å². The molecule has 2 amide bonds. The highest BCUT2D eigenvalue weighted by Gasteiger charge is 2.17. The Bertz CT molecular complexity index is 197. The van der Waals surface area contributed by atoms with E-state index in [2.05, 4.69) is 10.6 Å². The van der Waals surface area contributed by atoms with E-state index in [0.717, 1.165) is 45.6 Å². The van der Waals surface area contributed by atoms with Gasteiger partial charge in [0.1, 0.15) is 0 Å².